The highest BCUT2D eigenvalue weighted by molar-refractivity contribution is 7.99. The van der Waals surface area contributed by atoms with Crippen LogP contribution in [0.15, 0.2) is 35.7 Å². The lowest BCUT2D eigenvalue weighted by Gasteiger charge is -2.33. The Morgan fingerprint density at radius 1 is 1.42 bits per heavy atom. The van der Waals surface area contributed by atoms with Gasteiger partial charge in [0.15, 0.2) is 5.16 Å². The van der Waals surface area contributed by atoms with Crippen LogP contribution in [0.4, 0.5) is 0 Å². The van der Waals surface area contributed by atoms with E-state index in [2.05, 4.69) is 17.1 Å². The second-order valence-electron chi connectivity index (χ2n) is 5.91. The van der Waals surface area contributed by atoms with Crippen molar-refractivity contribution in [2.24, 2.45) is 0 Å². The smallest absolute Gasteiger partial charge is 0.233 e. The van der Waals surface area contributed by atoms with Gasteiger partial charge in [0.25, 0.3) is 0 Å². The van der Waals surface area contributed by atoms with Gasteiger partial charge in [0.2, 0.25) is 5.91 Å². The van der Waals surface area contributed by atoms with Crippen LogP contribution in [0.2, 0.25) is 0 Å². The maximum Gasteiger partial charge on any atom is 0.233 e. The summed E-state index contributed by atoms with van der Waals surface area (Å²) in [5.41, 5.74) is 0.917. The third-order valence-corrected chi connectivity index (χ3v) is 5.22. The van der Waals surface area contributed by atoms with Crippen LogP contribution in [0, 0.1) is 0 Å². The number of nitrogens with zero attached hydrogens (tertiary/aromatic N) is 4. The normalized spacial score (nSPS) is 17.8. The van der Waals surface area contributed by atoms with E-state index in [-0.39, 0.29) is 5.91 Å². The number of benzene rings is 1. The van der Waals surface area contributed by atoms with Crippen molar-refractivity contribution in [3.05, 3.63) is 30.6 Å². The highest BCUT2D eigenvalue weighted by atomic mass is 32.2. The second kappa shape index (κ2) is 7.70. The number of likely N-dealkylation sites (tertiary alicyclic amines) is 1. The van der Waals surface area contributed by atoms with Crippen molar-refractivity contribution < 1.29 is 9.53 Å². The van der Waals surface area contributed by atoms with E-state index in [4.69, 9.17) is 4.74 Å². The fourth-order valence-electron chi connectivity index (χ4n) is 2.94. The predicted molar refractivity (Wildman–Crippen MR) is 93.7 cm³/mol. The van der Waals surface area contributed by atoms with Gasteiger partial charge in [0, 0.05) is 18.7 Å². The van der Waals surface area contributed by atoms with Crippen LogP contribution in [0.25, 0.3) is 5.69 Å². The Kier molecular flexibility index (Phi) is 5.40. The quantitative estimate of drug-likeness (QED) is 0.779. The van der Waals surface area contributed by atoms with Crippen molar-refractivity contribution in [3.8, 4) is 11.4 Å². The van der Waals surface area contributed by atoms with Gasteiger partial charge >= 0.3 is 0 Å². The Morgan fingerprint density at radius 2 is 2.29 bits per heavy atom. The van der Waals surface area contributed by atoms with E-state index in [0.717, 1.165) is 30.8 Å². The number of aromatic nitrogens is 3. The lowest BCUT2D eigenvalue weighted by Crippen LogP contribution is -2.42. The zero-order valence-electron chi connectivity index (χ0n) is 14.0. The predicted octanol–water partition coefficient (Wildman–Crippen LogP) is 2.77. The zero-order chi connectivity index (χ0) is 16.9. The number of methoxy groups -OCH3 is 1. The second-order valence-corrected chi connectivity index (χ2v) is 6.85. The molecule has 0 saturated carbocycles. The van der Waals surface area contributed by atoms with Crippen molar-refractivity contribution in [2.75, 3.05) is 19.4 Å². The molecule has 1 atom stereocenters. The van der Waals surface area contributed by atoms with Crippen molar-refractivity contribution in [3.63, 3.8) is 0 Å². The van der Waals surface area contributed by atoms with Crippen LogP contribution in [0.1, 0.15) is 26.2 Å². The van der Waals surface area contributed by atoms with Gasteiger partial charge in [0.1, 0.15) is 12.1 Å². The number of hydrogen-bond donors (Lipinski definition) is 0. The topological polar surface area (TPSA) is 60.2 Å². The average Bonchev–Trinajstić information content (AvgIpc) is 3.08. The molecule has 0 N–H and O–H groups in total. The summed E-state index contributed by atoms with van der Waals surface area (Å²) in [6.07, 6.45) is 5.06. The molecule has 1 amide bonds. The van der Waals surface area contributed by atoms with E-state index in [1.807, 2.05) is 33.7 Å². The minimum Gasteiger partial charge on any atom is -0.497 e. The van der Waals surface area contributed by atoms with Crippen LogP contribution in [0.5, 0.6) is 5.75 Å². The average molecular weight is 346 g/mol. The summed E-state index contributed by atoms with van der Waals surface area (Å²) < 4.78 is 7.14. The van der Waals surface area contributed by atoms with Crippen LogP contribution in [0.3, 0.4) is 0 Å². The number of carbonyl (C=O) groups is 1. The molecule has 6 nitrogen and oxygen atoms in total. The zero-order valence-corrected chi connectivity index (χ0v) is 14.8. The van der Waals surface area contributed by atoms with Crippen molar-refractivity contribution in [2.45, 2.75) is 37.4 Å². The fraction of sp³-hybridized carbons (Fsp3) is 0.471. The lowest BCUT2D eigenvalue weighted by molar-refractivity contribution is -0.131. The van der Waals surface area contributed by atoms with E-state index < -0.39 is 0 Å². The SMILES string of the molecule is COc1cccc(-n2cnnc2SCC(=O)N2CCCC[C@@H]2C)c1. The first kappa shape index (κ1) is 16.8. The van der Waals surface area contributed by atoms with E-state index >= 15 is 0 Å². The summed E-state index contributed by atoms with van der Waals surface area (Å²) in [4.78, 5) is 14.5. The minimum absolute atomic E-state index is 0.174. The molecular formula is C17H22N4O2S. The summed E-state index contributed by atoms with van der Waals surface area (Å²) in [6, 6.07) is 8.03. The highest BCUT2D eigenvalue weighted by Gasteiger charge is 2.23. The van der Waals surface area contributed by atoms with Crippen LogP contribution >= 0.6 is 11.8 Å². The van der Waals surface area contributed by atoms with Gasteiger partial charge in [0.05, 0.1) is 18.6 Å². The van der Waals surface area contributed by atoms with Crippen molar-refractivity contribution >= 4 is 17.7 Å². The summed E-state index contributed by atoms with van der Waals surface area (Å²) in [7, 11) is 1.64. The molecule has 1 fully saturated rings. The lowest BCUT2D eigenvalue weighted by atomic mass is 10.0. The third kappa shape index (κ3) is 3.72. The summed E-state index contributed by atoms with van der Waals surface area (Å²) >= 11 is 1.42. The van der Waals surface area contributed by atoms with E-state index in [9.17, 15) is 4.79 Å². The molecule has 3 rings (SSSR count). The number of thioether (sulfide) groups is 1. The van der Waals surface area contributed by atoms with Gasteiger partial charge < -0.3 is 9.64 Å². The van der Waals surface area contributed by atoms with Crippen LogP contribution in [-0.2, 0) is 4.79 Å². The Morgan fingerprint density at radius 3 is 3.08 bits per heavy atom. The highest BCUT2D eigenvalue weighted by Crippen LogP contribution is 2.24. The van der Waals surface area contributed by atoms with Crippen LogP contribution in [-0.4, -0.2) is 51.0 Å². The van der Waals surface area contributed by atoms with E-state index in [0.29, 0.717) is 17.0 Å². The molecule has 1 aromatic heterocycles. The number of piperidine rings is 1. The molecule has 1 aromatic carbocycles. The van der Waals surface area contributed by atoms with Crippen molar-refractivity contribution in [1.82, 2.24) is 19.7 Å². The first-order valence-corrected chi connectivity index (χ1v) is 9.14. The maximum atomic E-state index is 12.5. The first-order valence-electron chi connectivity index (χ1n) is 8.16. The molecule has 1 aliphatic heterocycles. The number of hydrogen-bond acceptors (Lipinski definition) is 5. The Hall–Kier alpha value is -2.02. The maximum absolute atomic E-state index is 12.5. The first-order chi connectivity index (χ1) is 11.7. The number of rotatable bonds is 5. The van der Waals surface area contributed by atoms with Gasteiger partial charge in [-0.05, 0) is 38.3 Å². The van der Waals surface area contributed by atoms with Gasteiger partial charge in [-0.2, -0.15) is 0 Å². The van der Waals surface area contributed by atoms with E-state index in [1.54, 1.807) is 13.4 Å². The van der Waals surface area contributed by atoms with Gasteiger partial charge in [-0.3, -0.25) is 9.36 Å². The van der Waals surface area contributed by atoms with Gasteiger partial charge in [-0.25, -0.2) is 0 Å². The standard InChI is InChI=1S/C17H22N4O2S/c1-13-6-3-4-9-20(13)16(22)11-24-17-19-18-12-21(17)14-7-5-8-15(10-14)23-2/h5,7-8,10,12-13H,3-4,6,9,11H2,1-2H3/t13-/m0/s1. The molecule has 0 unspecified atom stereocenters. The molecule has 2 heterocycles. The molecule has 7 heteroatoms. The van der Waals surface area contributed by atoms with Crippen molar-refractivity contribution in [1.29, 1.82) is 0 Å². The third-order valence-electron chi connectivity index (χ3n) is 4.30. The van der Waals surface area contributed by atoms with Gasteiger partial charge in [-0.1, -0.05) is 17.8 Å². The number of amides is 1. The molecule has 24 heavy (non-hydrogen) atoms. The Balaban J connectivity index is 1.68. The molecule has 0 bridgehead atoms. The Labute approximate surface area is 146 Å². The summed E-state index contributed by atoms with van der Waals surface area (Å²) in [5, 5.41) is 8.84. The monoisotopic (exact) mass is 346 g/mol. The molecule has 1 aliphatic rings. The molecule has 2 aromatic rings. The number of ether oxygens (including phenoxy) is 1. The molecule has 0 aliphatic carbocycles. The molecule has 1 saturated heterocycles. The Bertz CT molecular complexity index is 703. The summed E-state index contributed by atoms with van der Waals surface area (Å²) in [6.45, 7) is 2.99. The van der Waals surface area contributed by atoms with Crippen LogP contribution < -0.4 is 4.74 Å². The largest absolute Gasteiger partial charge is 0.497 e. The minimum atomic E-state index is 0.174. The summed E-state index contributed by atoms with van der Waals surface area (Å²) in [5.74, 6) is 1.33. The molecule has 0 radical (unpaired) electrons. The molecular weight excluding hydrogens is 324 g/mol. The molecule has 128 valence electrons. The fourth-order valence-corrected chi connectivity index (χ4v) is 3.75. The van der Waals surface area contributed by atoms with E-state index in [1.165, 1.54) is 18.2 Å². The number of carbonyl (C=O) groups excluding carboxylic acids is 1. The van der Waals surface area contributed by atoms with Gasteiger partial charge in [-0.15, -0.1) is 10.2 Å². The molecule has 0 spiro atoms.